The van der Waals surface area contributed by atoms with Gasteiger partial charge in [0.25, 0.3) is 0 Å². The summed E-state index contributed by atoms with van der Waals surface area (Å²) in [5.41, 5.74) is 0.232. The van der Waals surface area contributed by atoms with Gasteiger partial charge in [0.2, 0.25) is 11.5 Å². The summed E-state index contributed by atoms with van der Waals surface area (Å²) in [5.74, 6) is -3.39. The van der Waals surface area contributed by atoms with Gasteiger partial charge >= 0.3 is 0 Å². The van der Waals surface area contributed by atoms with Crippen LogP contribution in [0.1, 0.15) is 11.1 Å². The van der Waals surface area contributed by atoms with E-state index in [-0.39, 0.29) is 11.1 Å². The highest BCUT2D eigenvalue weighted by molar-refractivity contribution is 5.88. The third kappa shape index (κ3) is 2.85. The van der Waals surface area contributed by atoms with Crippen LogP contribution in [0.3, 0.4) is 0 Å². The Balaban J connectivity index is 2.20. The molecule has 2 aromatic carbocycles. The summed E-state index contributed by atoms with van der Waals surface area (Å²) in [5, 5.41) is 63.3. The lowest BCUT2D eigenvalue weighted by molar-refractivity contribution is 0.367. The van der Waals surface area contributed by atoms with Gasteiger partial charge in [-0.05, 0) is 24.3 Å². The molecule has 0 aliphatic heterocycles. The number of hydrogen-bond acceptors (Lipinski definition) is 8. The lowest BCUT2D eigenvalue weighted by Crippen LogP contribution is -1.85. The molecule has 0 heterocycles. The number of hydrogen-bond donors (Lipinski definition) is 6. The SMILES string of the molecule is Oc1ccc(/C=N/N=C/c2ccc(O)c(O)c2O)c(O)c1O. The van der Waals surface area contributed by atoms with Crippen LogP contribution in [-0.2, 0) is 0 Å². The van der Waals surface area contributed by atoms with Gasteiger partial charge in [0.15, 0.2) is 23.0 Å². The summed E-state index contributed by atoms with van der Waals surface area (Å²) < 4.78 is 0. The van der Waals surface area contributed by atoms with Crippen molar-refractivity contribution in [3.63, 3.8) is 0 Å². The minimum absolute atomic E-state index is 0.116. The van der Waals surface area contributed by atoms with Gasteiger partial charge in [0.1, 0.15) is 0 Å². The van der Waals surface area contributed by atoms with Crippen LogP contribution in [0, 0.1) is 0 Å². The van der Waals surface area contributed by atoms with E-state index in [9.17, 15) is 20.4 Å². The van der Waals surface area contributed by atoms with Crippen LogP contribution in [0.4, 0.5) is 0 Å². The van der Waals surface area contributed by atoms with Crippen molar-refractivity contribution in [2.24, 2.45) is 10.2 Å². The number of phenols is 6. The molecule has 8 heteroatoms. The summed E-state index contributed by atoms with van der Waals surface area (Å²) >= 11 is 0. The van der Waals surface area contributed by atoms with Crippen molar-refractivity contribution >= 4 is 12.4 Å². The van der Waals surface area contributed by atoms with Crippen molar-refractivity contribution in [2.45, 2.75) is 0 Å². The van der Waals surface area contributed by atoms with Crippen molar-refractivity contribution in [1.82, 2.24) is 0 Å². The monoisotopic (exact) mass is 304 g/mol. The number of rotatable bonds is 3. The first kappa shape index (κ1) is 15.0. The Bertz CT molecular complexity index is 705. The first-order chi connectivity index (χ1) is 10.4. The zero-order valence-electron chi connectivity index (χ0n) is 11.0. The number of nitrogens with zero attached hydrogens (tertiary/aromatic N) is 2. The van der Waals surface area contributed by atoms with Crippen LogP contribution in [0.15, 0.2) is 34.5 Å². The summed E-state index contributed by atoms with van der Waals surface area (Å²) in [7, 11) is 0. The largest absolute Gasteiger partial charge is 0.504 e. The maximum Gasteiger partial charge on any atom is 0.200 e. The third-order valence-corrected chi connectivity index (χ3v) is 2.78. The fourth-order valence-electron chi connectivity index (χ4n) is 1.57. The second kappa shape index (κ2) is 5.92. The highest BCUT2D eigenvalue weighted by atomic mass is 16.3. The number of phenolic OH excluding ortho intramolecular Hbond substituents is 6. The Kier molecular flexibility index (Phi) is 4.03. The Morgan fingerprint density at radius 1 is 0.545 bits per heavy atom. The van der Waals surface area contributed by atoms with Crippen LogP contribution in [-0.4, -0.2) is 43.1 Å². The maximum atomic E-state index is 9.55. The highest BCUT2D eigenvalue weighted by Gasteiger charge is 2.10. The molecule has 0 amide bonds. The molecular formula is C14H12N2O6. The molecule has 2 aromatic rings. The second-order valence-corrected chi connectivity index (χ2v) is 4.23. The summed E-state index contributed by atoms with van der Waals surface area (Å²) in [4.78, 5) is 0. The molecule has 0 spiro atoms. The van der Waals surface area contributed by atoms with Gasteiger partial charge < -0.3 is 30.6 Å². The lowest BCUT2D eigenvalue weighted by atomic mass is 10.2. The Hall–Kier alpha value is -3.42. The Morgan fingerprint density at radius 2 is 0.909 bits per heavy atom. The standard InChI is InChI=1S/C14H12N2O6/c17-9-3-1-7(11(19)13(9)21)5-15-16-6-8-2-4-10(18)14(22)12(8)20/h1-6,17-22H/b15-5+,16-6+. The van der Waals surface area contributed by atoms with Crippen molar-refractivity contribution in [2.75, 3.05) is 0 Å². The van der Waals surface area contributed by atoms with Crippen molar-refractivity contribution in [3.8, 4) is 34.5 Å². The molecule has 0 saturated carbocycles. The Labute approximate surface area is 124 Å². The van der Waals surface area contributed by atoms with E-state index >= 15 is 0 Å². The number of benzene rings is 2. The van der Waals surface area contributed by atoms with E-state index in [0.717, 1.165) is 12.4 Å². The smallest absolute Gasteiger partial charge is 0.200 e. The summed E-state index contributed by atoms with van der Waals surface area (Å²) in [6.07, 6.45) is 2.23. The average Bonchev–Trinajstić information content (AvgIpc) is 2.50. The molecule has 6 N–H and O–H groups in total. The van der Waals surface area contributed by atoms with Crippen molar-refractivity contribution in [3.05, 3.63) is 35.4 Å². The molecule has 0 saturated heterocycles. The van der Waals surface area contributed by atoms with Gasteiger partial charge in [-0.3, -0.25) is 0 Å². The fraction of sp³-hybridized carbons (Fsp3) is 0. The second-order valence-electron chi connectivity index (χ2n) is 4.23. The Morgan fingerprint density at radius 3 is 1.27 bits per heavy atom. The molecule has 0 aliphatic carbocycles. The first-order valence-electron chi connectivity index (χ1n) is 5.96. The highest BCUT2D eigenvalue weighted by Crippen LogP contribution is 2.37. The van der Waals surface area contributed by atoms with Gasteiger partial charge in [-0.15, -0.1) is 0 Å². The molecule has 2 rings (SSSR count). The molecule has 0 unspecified atom stereocenters. The van der Waals surface area contributed by atoms with Gasteiger partial charge in [0.05, 0.1) is 12.4 Å². The van der Waals surface area contributed by atoms with E-state index in [0.29, 0.717) is 0 Å². The van der Waals surface area contributed by atoms with Gasteiger partial charge in [0, 0.05) is 11.1 Å². The van der Waals surface area contributed by atoms with E-state index in [2.05, 4.69) is 10.2 Å². The molecular weight excluding hydrogens is 292 g/mol. The van der Waals surface area contributed by atoms with Crippen LogP contribution in [0.2, 0.25) is 0 Å². The molecule has 0 radical (unpaired) electrons. The lowest BCUT2D eigenvalue weighted by Gasteiger charge is -2.03. The third-order valence-electron chi connectivity index (χ3n) is 2.78. The minimum Gasteiger partial charge on any atom is -0.504 e. The predicted molar refractivity (Wildman–Crippen MR) is 78.1 cm³/mol. The topological polar surface area (TPSA) is 146 Å². The van der Waals surface area contributed by atoms with E-state index in [1.165, 1.54) is 24.3 Å². The maximum absolute atomic E-state index is 9.55. The first-order valence-corrected chi connectivity index (χ1v) is 5.96. The summed E-state index contributed by atoms with van der Waals surface area (Å²) in [6, 6.07) is 4.97. The molecule has 0 aliphatic rings. The van der Waals surface area contributed by atoms with Crippen LogP contribution in [0.25, 0.3) is 0 Å². The van der Waals surface area contributed by atoms with Crippen molar-refractivity contribution in [1.29, 1.82) is 0 Å². The molecule has 22 heavy (non-hydrogen) atoms. The minimum atomic E-state index is -0.672. The van der Waals surface area contributed by atoms with E-state index in [1.54, 1.807) is 0 Å². The molecule has 0 bridgehead atoms. The van der Waals surface area contributed by atoms with Gasteiger partial charge in [-0.2, -0.15) is 10.2 Å². The number of aromatic hydroxyl groups is 6. The van der Waals surface area contributed by atoms with Gasteiger partial charge in [-0.25, -0.2) is 0 Å². The molecule has 0 aromatic heterocycles. The molecule has 114 valence electrons. The zero-order chi connectivity index (χ0) is 16.3. The van der Waals surface area contributed by atoms with Crippen LogP contribution in [0.5, 0.6) is 34.5 Å². The van der Waals surface area contributed by atoms with Gasteiger partial charge in [-0.1, -0.05) is 0 Å². The molecule has 0 fully saturated rings. The molecule has 8 nitrogen and oxygen atoms in total. The quantitative estimate of drug-likeness (QED) is 0.287. The van der Waals surface area contributed by atoms with Crippen molar-refractivity contribution < 1.29 is 30.6 Å². The predicted octanol–water partition coefficient (Wildman–Crippen LogP) is 1.37. The van der Waals surface area contributed by atoms with Crippen LogP contribution < -0.4 is 0 Å². The molecule has 0 atom stereocenters. The average molecular weight is 304 g/mol. The fourth-order valence-corrected chi connectivity index (χ4v) is 1.57. The zero-order valence-corrected chi connectivity index (χ0v) is 11.0. The van der Waals surface area contributed by atoms with E-state index in [1.807, 2.05) is 0 Å². The van der Waals surface area contributed by atoms with Crippen LogP contribution >= 0.6 is 0 Å². The van der Waals surface area contributed by atoms with E-state index in [4.69, 9.17) is 10.2 Å². The normalized spacial score (nSPS) is 11.5. The van der Waals surface area contributed by atoms with E-state index < -0.39 is 34.5 Å². The summed E-state index contributed by atoms with van der Waals surface area (Å²) in [6.45, 7) is 0.